The lowest BCUT2D eigenvalue weighted by molar-refractivity contribution is 0.107. The number of nitrogens with zero attached hydrogens (tertiary/aromatic N) is 2. The second kappa shape index (κ2) is 4.27. The Morgan fingerprint density at radius 3 is 3.18 bits per heavy atom. The van der Waals surface area contributed by atoms with Crippen molar-refractivity contribution >= 4 is 0 Å². The third-order valence-corrected chi connectivity index (χ3v) is 3.88. The molecular formula is C13H19N3O. The Labute approximate surface area is 102 Å². The van der Waals surface area contributed by atoms with Crippen LogP contribution in [0.4, 0.5) is 0 Å². The zero-order valence-corrected chi connectivity index (χ0v) is 10.3. The Kier molecular flexibility index (Phi) is 2.76. The molecule has 4 heteroatoms. The normalized spacial score (nSPS) is 29.2. The molecular weight excluding hydrogens is 214 g/mol. The van der Waals surface area contributed by atoms with E-state index < -0.39 is 0 Å². The summed E-state index contributed by atoms with van der Waals surface area (Å²) in [6, 6.07) is 0.417. The molecule has 1 aromatic rings. The summed E-state index contributed by atoms with van der Waals surface area (Å²) in [5, 5.41) is 7.66. The van der Waals surface area contributed by atoms with Crippen molar-refractivity contribution in [2.75, 3.05) is 13.7 Å². The zero-order chi connectivity index (χ0) is 11.8. The van der Waals surface area contributed by atoms with Gasteiger partial charge in [0.25, 0.3) is 0 Å². The molecule has 0 amide bonds. The van der Waals surface area contributed by atoms with Crippen LogP contribution in [0.5, 0.6) is 0 Å². The van der Waals surface area contributed by atoms with Crippen LogP contribution in [0.1, 0.15) is 35.9 Å². The third kappa shape index (κ3) is 1.81. The van der Waals surface area contributed by atoms with Crippen molar-refractivity contribution in [2.24, 2.45) is 0 Å². The molecule has 4 nitrogen and oxygen atoms in total. The highest BCUT2D eigenvalue weighted by Crippen LogP contribution is 2.33. The minimum Gasteiger partial charge on any atom is -0.372 e. The molecule has 1 aromatic heterocycles. The van der Waals surface area contributed by atoms with Crippen LogP contribution in [0.3, 0.4) is 0 Å². The summed E-state index contributed by atoms with van der Waals surface area (Å²) in [6.07, 6.45) is 5.46. The summed E-state index contributed by atoms with van der Waals surface area (Å²) < 4.78 is 5.73. The molecule has 1 fully saturated rings. The summed E-state index contributed by atoms with van der Waals surface area (Å²) in [5.74, 6) is 0. The predicted octanol–water partition coefficient (Wildman–Crippen LogP) is 1.80. The quantitative estimate of drug-likeness (QED) is 0.792. The van der Waals surface area contributed by atoms with Gasteiger partial charge in [-0.15, -0.1) is 6.58 Å². The fraction of sp³-hybridized carbons (Fsp3) is 0.615. The molecule has 0 spiro atoms. The first-order chi connectivity index (χ1) is 8.29. The Balaban J connectivity index is 1.90. The molecule has 1 N–H and O–H groups in total. The Hall–Kier alpha value is -1.13. The first-order valence-corrected chi connectivity index (χ1v) is 6.30. The average Bonchev–Trinajstić information content (AvgIpc) is 2.95. The first-order valence-electron chi connectivity index (χ1n) is 6.30. The van der Waals surface area contributed by atoms with Gasteiger partial charge in [0.2, 0.25) is 0 Å². The fourth-order valence-corrected chi connectivity index (χ4v) is 2.82. The van der Waals surface area contributed by atoms with E-state index in [1.54, 1.807) is 0 Å². The first kappa shape index (κ1) is 11.0. The molecule has 0 radical (unpaired) electrons. The van der Waals surface area contributed by atoms with Gasteiger partial charge in [0, 0.05) is 36.9 Å². The van der Waals surface area contributed by atoms with E-state index in [9.17, 15) is 0 Å². The van der Waals surface area contributed by atoms with Crippen LogP contribution in [0, 0.1) is 0 Å². The molecule has 1 saturated heterocycles. The van der Waals surface area contributed by atoms with Gasteiger partial charge in [-0.2, -0.15) is 5.10 Å². The van der Waals surface area contributed by atoms with E-state index in [1.165, 1.54) is 11.3 Å². The number of ether oxygens (including phenoxy) is 1. The number of likely N-dealkylation sites (N-methyl/N-ethyl adjacent to an activating group) is 1. The smallest absolute Gasteiger partial charge is 0.102 e. The van der Waals surface area contributed by atoms with Crippen molar-refractivity contribution in [1.82, 2.24) is 15.1 Å². The molecule has 3 heterocycles. The van der Waals surface area contributed by atoms with E-state index in [-0.39, 0.29) is 6.10 Å². The van der Waals surface area contributed by atoms with E-state index >= 15 is 0 Å². The number of hydrogen-bond donors (Lipinski definition) is 1. The SMILES string of the molecule is C=C[C@H]1Cc2[nH]nc(C3CCCO3)c2CN1C. The number of fused-ring (bicyclic) bond motifs is 1. The van der Waals surface area contributed by atoms with Crippen molar-refractivity contribution < 1.29 is 4.74 Å². The molecule has 3 rings (SSSR count). The Morgan fingerprint density at radius 2 is 2.47 bits per heavy atom. The predicted molar refractivity (Wildman–Crippen MR) is 65.7 cm³/mol. The molecule has 0 aliphatic carbocycles. The molecule has 17 heavy (non-hydrogen) atoms. The highest BCUT2D eigenvalue weighted by Gasteiger charge is 2.30. The van der Waals surface area contributed by atoms with Crippen molar-refractivity contribution in [1.29, 1.82) is 0 Å². The lowest BCUT2D eigenvalue weighted by atomic mass is 9.97. The summed E-state index contributed by atoms with van der Waals surface area (Å²) in [5.41, 5.74) is 3.74. The minimum atomic E-state index is 0.212. The maximum Gasteiger partial charge on any atom is 0.102 e. The number of aromatic amines is 1. The van der Waals surface area contributed by atoms with Crippen molar-refractivity contribution in [3.05, 3.63) is 29.6 Å². The van der Waals surface area contributed by atoms with Crippen LogP contribution < -0.4 is 0 Å². The maximum absolute atomic E-state index is 5.73. The fourth-order valence-electron chi connectivity index (χ4n) is 2.82. The van der Waals surface area contributed by atoms with Crippen molar-refractivity contribution in [2.45, 2.75) is 38.0 Å². The minimum absolute atomic E-state index is 0.212. The van der Waals surface area contributed by atoms with Crippen LogP contribution >= 0.6 is 0 Å². The van der Waals surface area contributed by atoms with Gasteiger partial charge < -0.3 is 4.74 Å². The molecule has 0 bridgehead atoms. The molecule has 2 aliphatic rings. The van der Waals surface area contributed by atoms with Crippen LogP contribution in [0.2, 0.25) is 0 Å². The molecule has 2 atom stereocenters. The standard InChI is InChI=1S/C13H19N3O/c1-3-9-7-11-10(8-16(9)2)13(15-14-11)12-5-4-6-17-12/h3,9,12H,1,4-8H2,2H3,(H,14,15)/t9-,12?/m0/s1. The number of rotatable bonds is 2. The highest BCUT2D eigenvalue weighted by atomic mass is 16.5. The van der Waals surface area contributed by atoms with Crippen LogP contribution in [0.25, 0.3) is 0 Å². The van der Waals surface area contributed by atoms with Gasteiger partial charge >= 0.3 is 0 Å². The van der Waals surface area contributed by atoms with Gasteiger partial charge in [0.1, 0.15) is 6.10 Å². The number of H-pyrrole nitrogens is 1. The zero-order valence-electron chi connectivity index (χ0n) is 10.3. The maximum atomic E-state index is 5.73. The molecule has 1 unspecified atom stereocenters. The van der Waals surface area contributed by atoms with E-state index in [2.05, 4.69) is 28.7 Å². The number of aromatic nitrogens is 2. The summed E-state index contributed by atoms with van der Waals surface area (Å²) in [6.45, 7) is 5.71. The monoisotopic (exact) mass is 233 g/mol. The summed E-state index contributed by atoms with van der Waals surface area (Å²) in [4.78, 5) is 2.32. The van der Waals surface area contributed by atoms with Gasteiger partial charge in [-0.25, -0.2) is 0 Å². The average molecular weight is 233 g/mol. The van der Waals surface area contributed by atoms with E-state index in [0.717, 1.165) is 38.1 Å². The van der Waals surface area contributed by atoms with Gasteiger partial charge in [0.05, 0.1) is 5.69 Å². The van der Waals surface area contributed by atoms with Gasteiger partial charge in [-0.1, -0.05) is 6.08 Å². The van der Waals surface area contributed by atoms with Gasteiger partial charge in [-0.3, -0.25) is 10.00 Å². The summed E-state index contributed by atoms with van der Waals surface area (Å²) in [7, 11) is 2.14. The van der Waals surface area contributed by atoms with Gasteiger partial charge in [0.15, 0.2) is 0 Å². The topological polar surface area (TPSA) is 41.1 Å². The third-order valence-electron chi connectivity index (χ3n) is 3.88. The number of hydrogen-bond acceptors (Lipinski definition) is 3. The van der Waals surface area contributed by atoms with E-state index in [1.807, 2.05) is 6.08 Å². The Morgan fingerprint density at radius 1 is 1.59 bits per heavy atom. The second-order valence-corrected chi connectivity index (χ2v) is 4.99. The van der Waals surface area contributed by atoms with E-state index in [0.29, 0.717) is 6.04 Å². The van der Waals surface area contributed by atoms with E-state index in [4.69, 9.17) is 4.74 Å². The van der Waals surface area contributed by atoms with Crippen LogP contribution in [-0.2, 0) is 17.7 Å². The molecule has 2 aliphatic heterocycles. The highest BCUT2D eigenvalue weighted by molar-refractivity contribution is 5.31. The van der Waals surface area contributed by atoms with Crippen LogP contribution in [-0.4, -0.2) is 34.8 Å². The Bertz CT molecular complexity index is 420. The van der Waals surface area contributed by atoms with Crippen molar-refractivity contribution in [3.63, 3.8) is 0 Å². The second-order valence-electron chi connectivity index (χ2n) is 4.99. The molecule has 0 saturated carbocycles. The molecule has 92 valence electrons. The number of nitrogens with one attached hydrogen (secondary N) is 1. The lowest BCUT2D eigenvalue weighted by Crippen LogP contribution is -2.36. The van der Waals surface area contributed by atoms with Crippen molar-refractivity contribution in [3.8, 4) is 0 Å². The van der Waals surface area contributed by atoms with Crippen LogP contribution in [0.15, 0.2) is 12.7 Å². The molecule has 0 aromatic carbocycles. The summed E-state index contributed by atoms with van der Waals surface area (Å²) >= 11 is 0. The lowest BCUT2D eigenvalue weighted by Gasteiger charge is -2.30. The largest absolute Gasteiger partial charge is 0.372 e. The van der Waals surface area contributed by atoms with Gasteiger partial charge in [-0.05, 0) is 19.9 Å².